The van der Waals surface area contributed by atoms with E-state index in [-0.39, 0.29) is 4.90 Å². The lowest BCUT2D eigenvalue weighted by atomic mass is 10.2. The van der Waals surface area contributed by atoms with Crippen LogP contribution in [0.3, 0.4) is 0 Å². The SMILES string of the molecule is O=S(=O)(NCCc1cnc[nH]1)c1cccc2ncccc12. The van der Waals surface area contributed by atoms with Crippen LogP contribution >= 0.6 is 0 Å². The molecule has 0 atom stereocenters. The Labute approximate surface area is 122 Å². The number of H-pyrrole nitrogens is 1. The zero-order valence-corrected chi connectivity index (χ0v) is 12.0. The predicted octanol–water partition coefficient (Wildman–Crippen LogP) is 1.48. The van der Waals surface area contributed by atoms with Gasteiger partial charge in [0.2, 0.25) is 10.0 Å². The number of nitrogens with zero attached hydrogens (tertiary/aromatic N) is 2. The zero-order chi connectivity index (χ0) is 14.7. The van der Waals surface area contributed by atoms with Crippen molar-refractivity contribution in [2.45, 2.75) is 11.3 Å². The summed E-state index contributed by atoms with van der Waals surface area (Å²) in [5.41, 5.74) is 1.55. The van der Waals surface area contributed by atoms with E-state index in [1.807, 2.05) is 0 Å². The number of sulfonamides is 1. The molecule has 6 nitrogen and oxygen atoms in total. The maximum absolute atomic E-state index is 12.4. The van der Waals surface area contributed by atoms with E-state index >= 15 is 0 Å². The first kappa shape index (κ1) is 13.7. The Morgan fingerprint density at radius 1 is 1.19 bits per heavy atom. The van der Waals surface area contributed by atoms with Crippen LogP contribution in [0.1, 0.15) is 5.69 Å². The van der Waals surface area contributed by atoms with Crippen molar-refractivity contribution in [1.29, 1.82) is 0 Å². The Morgan fingerprint density at radius 2 is 2.10 bits per heavy atom. The van der Waals surface area contributed by atoms with E-state index < -0.39 is 10.0 Å². The van der Waals surface area contributed by atoms with E-state index in [2.05, 4.69) is 19.7 Å². The van der Waals surface area contributed by atoms with Crippen LogP contribution in [0.4, 0.5) is 0 Å². The summed E-state index contributed by atoms with van der Waals surface area (Å²) in [7, 11) is -3.56. The van der Waals surface area contributed by atoms with Gasteiger partial charge in [-0.1, -0.05) is 6.07 Å². The Morgan fingerprint density at radius 3 is 2.90 bits per heavy atom. The summed E-state index contributed by atoms with van der Waals surface area (Å²) in [5, 5.41) is 0.619. The summed E-state index contributed by atoms with van der Waals surface area (Å²) in [6.45, 7) is 0.307. The maximum Gasteiger partial charge on any atom is 0.241 e. The number of nitrogens with one attached hydrogen (secondary N) is 2. The van der Waals surface area contributed by atoms with E-state index in [1.54, 1.807) is 49.1 Å². The summed E-state index contributed by atoms with van der Waals surface area (Å²) >= 11 is 0. The van der Waals surface area contributed by atoms with Crippen LogP contribution in [0.2, 0.25) is 0 Å². The summed E-state index contributed by atoms with van der Waals surface area (Å²) < 4.78 is 27.4. The third kappa shape index (κ3) is 2.93. The average Bonchev–Trinajstić information content (AvgIpc) is 3.00. The van der Waals surface area contributed by atoms with Crippen LogP contribution in [0.25, 0.3) is 10.9 Å². The van der Waals surface area contributed by atoms with E-state index in [1.165, 1.54) is 0 Å². The molecule has 2 N–H and O–H groups in total. The highest BCUT2D eigenvalue weighted by molar-refractivity contribution is 7.89. The molecular formula is C14H14N4O2S. The number of pyridine rings is 1. The summed E-state index contributed by atoms with van der Waals surface area (Å²) in [5.74, 6) is 0. The molecule has 108 valence electrons. The standard InChI is InChI=1S/C14H14N4O2S/c19-21(20,18-8-6-11-9-15-10-17-11)14-5-1-4-13-12(14)3-2-7-16-13/h1-5,7,9-10,18H,6,8H2,(H,15,17). The molecule has 3 aromatic rings. The van der Waals surface area contributed by atoms with Gasteiger partial charge in [0, 0.05) is 36.4 Å². The van der Waals surface area contributed by atoms with Crippen molar-refractivity contribution in [3.05, 3.63) is 54.7 Å². The minimum atomic E-state index is -3.56. The minimum absolute atomic E-state index is 0.248. The van der Waals surface area contributed by atoms with Gasteiger partial charge in [-0.25, -0.2) is 18.1 Å². The molecule has 0 amide bonds. The van der Waals surface area contributed by atoms with Crippen LogP contribution < -0.4 is 4.72 Å². The summed E-state index contributed by atoms with van der Waals surface area (Å²) in [4.78, 5) is 11.3. The second-order valence-electron chi connectivity index (χ2n) is 4.55. The lowest BCUT2D eigenvalue weighted by Gasteiger charge is -2.08. The summed E-state index contributed by atoms with van der Waals surface area (Å²) in [6.07, 6.45) is 5.45. The highest BCUT2D eigenvalue weighted by Crippen LogP contribution is 2.20. The predicted molar refractivity (Wildman–Crippen MR) is 79.2 cm³/mol. The first-order valence-corrected chi connectivity index (χ1v) is 7.96. The highest BCUT2D eigenvalue weighted by atomic mass is 32.2. The number of aromatic amines is 1. The third-order valence-corrected chi connectivity index (χ3v) is 4.66. The molecule has 0 spiro atoms. The minimum Gasteiger partial charge on any atom is -0.348 e. The van der Waals surface area contributed by atoms with Gasteiger partial charge in [-0.05, 0) is 24.3 Å². The van der Waals surface area contributed by atoms with Crippen molar-refractivity contribution in [1.82, 2.24) is 19.7 Å². The van der Waals surface area contributed by atoms with Crippen LogP contribution in [0.5, 0.6) is 0 Å². The molecule has 1 aromatic carbocycles. The van der Waals surface area contributed by atoms with Crippen molar-refractivity contribution in [2.24, 2.45) is 0 Å². The molecule has 0 aliphatic carbocycles. The van der Waals surface area contributed by atoms with E-state index in [0.717, 1.165) is 5.69 Å². The summed E-state index contributed by atoms with van der Waals surface area (Å²) in [6, 6.07) is 8.55. The molecule has 2 aromatic heterocycles. The highest BCUT2D eigenvalue weighted by Gasteiger charge is 2.16. The lowest BCUT2D eigenvalue weighted by molar-refractivity contribution is 0.582. The van der Waals surface area contributed by atoms with Gasteiger partial charge < -0.3 is 4.98 Å². The molecule has 0 radical (unpaired) electrons. The maximum atomic E-state index is 12.4. The number of hydrogen-bond donors (Lipinski definition) is 2. The molecule has 2 heterocycles. The van der Waals surface area contributed by atoms with Crippen LogP contribution in [0.15, 0.2) is 53.9 Å². The van der Waals surface area contributed by atoms with Crippen LogP contribution in [-0.4, -0.2) is 29.9 Å². The van der Waals surface area contributed by atoms with Crippen molar-refractivity contribution in [2.75, 3.05) is 6.54 Å². The van der Waals surface area contributed by atoms with Gasteiger partial charge in [0.15, 0.2) is 0 Å². The Kier molecular flexibility index (Phi) is 3.68. The first-order chi connectivity index (χ1) is 10.2. The molecule has 0 saturated heterocycles. The zero-order valence-electron chi connectivity index (χ0n) is 11.2. The molecular weight excluding hydrogens is 288 g/mol. The number of rotatable bonds is 5. The number of fused-ring (bicyclic) bond motifs is 1. The normalized spacial score (nSPS) is 11.8. The Hall–Kier alpha value is -2.25. The number of imidazole rings is 1. The van der Waals surface area contributed by atoms with Crippen molar-refractivity contribution in [3.63, 3.8) is 0 Å². The quantitative estimate of drug-likeness (QED) is 0.747. The molecule has 0 aliphatic rings. The van der Waals surface area contributed by atoms with Crippen LogP contribution in [0, 0.1) is 0 Å². The van der Waals surface area contributed by atoms with Gasteiger partial charge in [0.25, 0.3) is 0 Å². The smallest absolute Gasteiger partial charge is 0.241 e. The molecule has 0 saturated carbocycles. The number of hydrogen-bond acceptors (Lipinski definition) is 4. The van der Waals surface area contributed by atoms with Gasteiger partial charge in [0.1, 0.15) is 0 Å². The van der Waals surface area contributed by atoms with Gasteiger partial charge in [-0.3, -0.25) is 4.98 Å². The van der Waals surface area contributed by atoms with Crippen molar-refractivity contribution >= 4 is 20.9 Å². The molecule has 7 heteroatoms. The largest absolute Gasteiger partial charge is 0.348 e. The molecule has 21 heavy (non-hydrogen) atoms. The third-order valence-electron chi connectivity index (χ3n) is 3.14. The Balaban J connectivity index is 1.83. The van der Waals surface area contributed by atoms with Gasteiger partial charge in [-0.2, -0.15) is 0 Å². The lowest BCUT2D eigenvalue weighted by Crippen LogP contribution is -2.26. The molecule has 0 unspecified atom stereocenters. The number of aromatic nitrogens is 3. The topological polar surface area (TPSA) is 87.7 Å². The van der Waals surface area contributed by atoms with E-state index in [4.69, 9.17) is 0 Å². The fraction of sp³-hybridized carbons (Fsp3) is 0.143. The monoisotopic (exact) mass is 302 g/mol. The van der Waals surface area contributed by atoms with E-state index in [0.29, 0.717) is 23.9 Å². The average molecular weight is 302 g/mol. The molecule has 0 bridgehead atoms. The molecule has 0 fully saturated rings. The molecule has 3 rings (SSSR count). The first-order valence-electron chi connectivity index (χ1n) is 6.47. The fourth-order valence-corrected chi connectivity index (χ4v) is 3.37. The molecule has 0 aliphatic heterocycles. The van der Waals surface area contributed by atoms with Crippen molar-refractivity contribution < 1.29 is 8.42 Å². The fourth-order valence-electron chi connectivity index (χ4n) is 2.13. The second-order valence-corrected chi connectivity index (χ2v) is 6.29. The van der Waals surface area contributed by atoms with Gasteiger partial charge in [0.05, 0.1) is 16.7 Å². The van der Waals surface area contributed by atoms with Crippen LogP contribution in [-0.2, 0) is 16.4 Å². The Bertz CT molecular complexity index is 839. The van der Waals surface area contributed by atoms with E-state index in [9.17, 15) is 8.42 Å². The number of benzene rings is 1. The van der Waals surface area contributed by atoms with Gasteiger partial charge in [-0.15, -0.1) is 0 Å². The van der Waals surface area contributed by atoms with Gasteiger partial charge >= 0.3 is 0 Å². The van der Waals surface area contributed by atoms with Crippen molar-refractivity contribution in [3.8, 4) is 0 Å². The second kappa shape index (κ2) is 5.63.